The number of imide groups is 2. The van der Waals surface area contributed by atoms with E-state index in [1.807, 2.05) is 17.0 Å². The smallest absolute Gasteiger partial charge is 0.262 e. The lowest BCUT2D eigenvalue weighted by Crippen LogP contribution is -2.54. The van der Waals surface area contributed by atoms with Crippen LogP contribution in [0, 0.1) is 5.41 Å². The van der Waals surface area contributed by atoms with E-state index in [0.717, 1.165) is 79.2 Å². The summed E-state index contributed by atoms with van der Waals surface area (Å²) in [6, 6.07) is 27.5. The molecule has 3 atom stereocenters. The van der Waals surface area contributed by atoms with Gasteiger partial charge in [-0.25, -0.2) is 0 Å². The summed E-state index contributed by atoms with van der Waals surface area (Å²) < 4.78 is 6.17. The molecule has 1 unspecified atom stereocenters. The Labute approximate surface area is 342 Å². The molecule has 12 nitrogen and oxygen atoms in total. The number of carbonyl (C=O) groups excluding carboxylic acids is 5. The number of amides is 5. The van der Waals surface area contributed by atoms with Crippen molar-refractivity contribution < 1.29 is 33.8 Å². The van der Waals surface area contributed by atoms with E-state index < -0.39 is 29.7 Å². The molecule has 302 valence electrons. The van der Waals surface area contributed by atoms with Gasteiger partial charge in [0.1, 0.15) is 17.5 Å². The summed E-state index contributed by atoms with van der Waals surface area (Å²) in [5.74, 6) is -0.745. The number of anilines is 1. The summed E-state index contributed by atoms with van der Waals surface area (Å²) in [4.78, 5) is 71.9. The molecular formula is C47H47N5O7. The van der Waals surface area contributed by atoms with Crippen molar-refractivity contribution in [2.24, 2.45) is 5.41 Å². The van der Waals surface area contributed by atoms with Gasteiger partial charge in [0, 0.05) is 74.8 Å². The van der Waals surface area contributed by atoms with E-state index in [2.05, 4.69) is 63.6 Å². The number of fused-ring (bicyclic) bond motifs is 3. The molecule has 2 N–H and O–H groups in total. The zero-order valence-electron chi connectivity index (χ0n) is 32.9. The number of hydrogen-bond donors (Lipinski definition) is 2. The Morgan fingerprint density at radius 3 is 2.10 bits per heavy atom. The Balaban J connectivity index is 0.732. The largest absolute Gasteiger partial charge is 0.508 e. The van der Waals surface area contributed by atoms with Gasteiger partial charge in [-0.2, -0.15) is 0 Å². The molecule has 0 radical (unpaired) electrons. The molecule has 3 fully saturated rings. The number of piperidine rings is 3. The molecule has 0 aromatic heterocycles. The van der Waals surface area contributed by atoms with Crippen molar-refractivity contribution in [2.75, 3.05) is 44.2 Å². The van der Waals surface area contributed by atoms with Gasteiger partial charge in [-0.3, -0.25) is 39.1 Å². The monoisotopic (exact) mass is 793 g/mol. The summed E-state index contributed by atoms with van der Waals surface area (Å²) in [5, 5.41) is 12.4. The number of benzene rings is 4. The van der Waals surface area contributed by atoms with Crippen molar-refractivity contribution in [3.8, 4) is 11.5 Å². The lowest BCUT2D eigenvalue weighted by molar-refractivity contribution is -0.137. The number of ether oxygens (including phenoxy) is 1. The van der Waals surface area contributed by atoms with Gasteiger partial charge in [-0.1, -0.05) is 48.5 Å². The molecular weight excluding hydrogens is 747 g/mol. The van der Waals surface area contributed by atoms with Gasteiger partial charge in [0.2, 0.25) is 17.7 Å². The van der Waals surface area contributed by atoms with Crippen LogP contribution in [0.5, 0.6) is 11.5 Å². The number of aromatic hydroxyl groups is 1. The fourth-order valence-corrected chi connectivity index (χ4v) is 10.5. The van der Waals surface area contributed by atoms with Crippen molar-refractivity contribution in [1.29, 1.82) is 0 Å². The first-order valence-corrected chi connectivity index (χ1v) is 20.9. The molecule has 0 saturated carbocycles. The minimum Gasteiger partial charge on any atom is -0.508 e. The van der Waals surface area contributed by atoms with Gasteiger partial charge < -0.3 is 19.6 Å². The number of nitrogens with one attached hydrogen (secondary N) is 1. The van der Waals surface area contributed by atoms with Gasteiger partial charge >= 0.3 is 0 Å². The third-order valence-corrected chi connectivity index (χ3v) is 13.9. The van der Waals surface area contributed by atoms with E-state index in [1.54, 1.807) is 24.3 Å². The lowest BCUT2D eigenvalue weighted by Gasteiger charge is -2.47. The average molecular weight is 794 g/mol. The van der Waals surface area contributed by atoms with Crippen LogP contribution in [0.2, 0.25) is 0 Å². The predicted octanol–water partition coefficient (Wildman–Crippen LogP) is 5.33. The highest BCUT2D eigenvalue weighted by molar-refractivity contribution is 6.23. The fourth-order valence-electron chi connectivity index (χ4n) is 10.5. The Morgan fingerprint density at radius 1 is 0.780 bits per heavy atom. The van der Waals surface area contributed by atoms with Gasteiger partial charge in [-0.15, -0.1) is 0 Å². The number of nitrogens with zero attached hydrogens (tertiary/aromatic N) is 4. The van der Waals surface area contributed by atoms with Gasteiger partial charge in [-0.05, 0) is 90.1 Å². The number of rotatable bonds is 6. The van der Waals surface area contributed by atoms with Crippen molar-refractivity contribution in [3.05, 3.63) is 124 Å². The number of carbonyl (C=O) groups is 5. The van der Waals surface area contributed by atoms with Crippen molar-refractivity contribution >= 4 is 35.2 Å². The van der Waals surface area contributed by atoms with Crippen LogP contribution < -0.4 is 15.0 Å². The molecule has 12 heteroatoms. The van der Waals surface area contributed by atoms with Crippen molar-refractivity contribution in [3.63, 3.8) is 0 Å². The minimum atomic E-state index is -0.993. The average Bonchev–Trinajstić information content (AvgIpc) is 3.75. The highest BCUT2D eigenvalue weighted by Crippen LogP contribution is 2.48. The zero-order chi connectivity index (χ0) is 40.4. The maximum atomic E-state index is 13.6. The molecule has 1 spiro atoms. The van der Waals surface area contributed by atoms with Crippen LogP contribution in [0.25, 0.3) is 0 Å². The molecule has 59 heavy (non-hydrogen) atoms. The molecule has 4 aromatic rings. The maximum Gasteiger partial charge on any atom is 0.262 e. The highest BCUT2D eigenvalue weighted by Gasteiger charge is 2.46. The Kier molecular flexibility index (Phi) is 9.27. The summed E-state index contributed by atoms with van der Waals surface area (Å²) in [7, 11) is 0. The molecule has 5 amide bonds. The second-order valence-electron chi connectivity index (χ2n) is 17.2. The summed E-state index contributed by atoms with van der Waals surface area (Å²) in [5.41, 5.74) is 7.38. The fraction of sp³-hybridized carbons (Fsp3) is 0.383. The first-order valence-electron chi connectivity index (χ1n) is 20.9. The lowest BCUT2D eigenvalue weighted by atomic mass is 9.71. The van der Waals surface area contributed by atoms with Crippen LogP contribution in [0.1, 0.15) is 98.9 Å². The predicted molar refractivity (Wildman–Crippen MR) is 218 cm³/mol. The topological polar surface area (TPSA) is 140 Å². The second kappa shape index (κ2) is 14.7. The van der Waals surface area contributed by atoms with Crippen LogP contribution in [-0.4, -0.2) is 94.7 Å². The van der Waals surface area contributed by atoms with Gasteiger partial charge in [0.15, 0.2) is 0 Å². The van der Waals surface area contributed by atoms with E-state index in [4.69, 9.17) is 4.74 Å². The Morgan fingerprint density at radius 2 is 1.44 bits per heavy atom. The van der Waals surface area contributed by atoms with Crippen LogP contribution in [0.3, 0.4) is 0 Å². The van der Waals surface area contributed by atoms with Crippen LogP contribution >= 0.6 is 0 Å². The van der Waals surface area contributed by atoms with Crippen molar-refractivity contribution in [2.45, 2.75) is 69.5 Å². The molecule has 6 aliphatic heterocycles. The first-order chi connectivity index (χ1) is 28.6. The molecule has 0 aliphatic carbocycles. The van der Waals surface area contributed by atoms with E-state index >= 15 is 0 Å². The highest BCUT2D eigenvalue weighted by atomic mass is 16.5. The number of phenols is 1. The SMILES string of the molecule is O=C1CCC(N2C(=O)c3cc4c(cc3C2=O)CN(CC(=O)N2CCC3(CC2)CCN(c2ccc([C@@H]5c6ccc(O)cc6OC[C@@H]5c5ccccc5)cc2)CC3)C4)C(=O)N1. The standard InChI is InChI=1S/C47H47N5O7/c53-34-10-11-35-40(24-34)59-28-38(29-4-2-1-3-5-29)43(35)30-6-8-33(9-7-30)50-18-14-47(15-19-50)16-20-51(21-17-47)42(55)27-49-25-31-22-36-37(23-32(31)26-49)46(58)52(45(36)57)39-12-13-41(54)48-44(39)56/h1-11,22-24,38-39,43,53H,12-21,25-28H2,(H,48,54,56)/t38-,39?,43-/m1/s1. The Bertz CT molecular complexity index is 2320. The summed E-state index contributed by atoms with van der Waals surface area (Å²) >= 11 is 0. The van der Waals surface area contributed by atoms with Crippen LogP contribution in [0.15, 0.2) is 84.9 Å². The van der Waals surface area contributed by atoms with E-state index in [9.17, 15) is 29.1 Å². The molecule has 4 aromatic carbocycles. The zero-order valence-corrected chi connectivity index (χ0v) is 32.9. The van der Waals surface area contributed by atoms with E-state index in [1.165, 1.54) is 16.8 Å². The number of phenolic OH excluding ortho intramolecular Hbond substituents is 1. The normalized spacial score (nSPS) is 23.8. The summed E-state index contributed by atoms with van der Waals surface area (Å²) in [6.45, 7) is 5.27. The Hall–Kier alpha value is -6.01. The van der Waals surface area contributed by atoms with Gasteiger partial charge in [0.05, 0.1) is 24.3 Å². The quantitative estimate of drug-likeness (QED) is 0.248. The summed E-state index contributed by atoms with van der Waals surface area (Å²) in [6.07, 6.45) is 4.37. The molecule has 3 saturated heterocycles. The van der Waals surface area contributed by atoms with Crippen LogP contribution in [0.4, 0.5) is 5.69 Å². The molecule has 6 aliphatic rings. The first kappa shape index (κ1) is 37.3. The second-order valence-corrected chi connectivity index (χ2v) is 17.2. The third-order valence-electron chi connectivity index (χ3n) is 13.9. The third kappa shape index (κ3) is 6.73. The molecule has 0 bridgehead atoms. The maximum absolute atomic E-state index is 13.6. The van der Waals surface area contributed by atoms with Gasteiger partial charge in [0.25, 0.3) is 11.8 Å². The number of hydrogen-bond acceptors (Lipinski definition) is 9. The van der Waals surface area contributed by atoms with Crippen molar-refractivity contribution in [1.82, 2.24) is 20.0 Å². The molecule has 10 rings (SSSR count). The van der Waals surface area contributed by atoms with E-state index in [0.29, 0.717) is 19.7 Å². The van der Waals surface area contributed by atoms with E-state index in [-0.39, 0.29) is 59.4 Å². The van der Waals surface area contributed by atoms with Crippen LogP contribution in [-0.2, 0) is 27.5 Å². The minimum absolute atomic E-state index is 0.0782. The number of likely N-dealkylation sites (tertiary alicyclic amines) is 1. The molecule has 6 heterocycles.